The minimum Gasteiger partial charge on any atom is -0.472 e. The summed E-state index contributed by atoms with van der Waals surface area (Å²) in [5, 5.41) is 0. The van der Waals surface area contributed by atoms with Gasteiger partial charge in [0.2, 0.25) is 5.88 Å². The first-order valence-electron chi connectivity index (χ1n) is 7.74. The van der Waals surface area contributed by atoms with Gasteiger partial charge in [-0.2, -0.15) is 0 Å². The molecule has 1 aliphatic heterocycles. The molecule has 0 spiro atoms. The lowest BCUT2D eigenvalue weighted by atomic mass is 10.1. The number of nitrogens with zero attached hydrogens (tertiary/aromatic N) is 3. The van der Waals surface area contributed by atoms with Gasteiger partial charge in [-0.1, -0.05) is 12.1 Å². The third kappa shape index (κ3) is 3.37. The van der Waals surface area contributed by atoms with E-state index in [2.05, 4.69) is 14.7 Å². The van der Waals surface area contributed by atoms with Crippen LogP contribution < -0.4 is 15.4 Å². The van der Waals surface area contributed by atoms with Crippen molar-refractivity contribution in [1.82, 2.24) is 9.97 Å². The number of carbonyl (C=O) groups is 2. The number of benzene rings is 1. The second-order valence-electron chi connectivity index (χ2n) is 5.70. The number of esters is 1. The summed E-state index contributed by atoms with van der Waals surface area (Å²) in [7, 11) is 1.35. The fraction of sp³-hybridized carbons (Fsp3) is 0.294. The van der Waals surface area contributed by atoms with Crippen LogP contribution in [-0.2, 0) is 16.0 Å². The van der Waals surface area contributed by atoms with Crippen LogP contribution >= 0.6 is 0 Å². The first-order chi connectivity index (χ1) is 12.0. The number of methoxy groups -OCH3 is 1. The molecule has 0 radical (unpaired) electrons. The van der Waals surface area contributed by atoms with Crippen LogP contribution in [0.2, 0.25) is 0 Å². The first kappa shape index (κ1) is 16.7. The Balaban J connectivity index is 1.92. The summed E-state index contributed by atoms with van der Waals surface area (Å²) in [5.41, 5.74) is 7.48. The maximum absolute atomic E-state index is 12.9. The van der Waals surface area contributed by atoms with E-state index in [0.29, 0.717) is 12.2 Å². The van der Waals surface area contributed by atoms with E-state index < -0.39 is 0 Å². The second-order valence-corrected chi connectivity index (χ2v) is 5.70. The molecule has 2 N–H and O–H groups in total. The van der Waals surface area contributed by atoms with E-state index in [-0.39, 0.29) is 41.7 Å². The highest BCUT2D eigenvalue weighted by atomic mass is 16.5. The number of nitrogen functional groups attached to an aromatic ring is 1. The van der Waals surface area contributed by atoms with E-state index in [1.807, 2.05) is 6.92 Å². The number of aromatic nitrogens is 2. The van der Waals surface area contributed by atoms with Crippen LogP contribution in [0.4, 0.5) is 11.5 Å². The minimum atomic E-state index is -0.321. The van der Waals surface area contributed by atoms with Gasteiger partial charge in [0.25, 0.3) is 5.91 Å². The van der Waals surface area contributed by atoms with E-state index in [0.717, 1.165) is 5.56 Å². The van der Waals surface area contributed by atoms with Gasteiger partial charge in [-0.15, -0.1) is 0 Å². The van der Waals surface area contributed by atoms with Crippen molar-refractivity contribution in [3.05, 3.63) is 41.7 Å². The number of anilines is 2. The SMILES string of the molecule is COC(=O)Cc1ccc(N2CC(C)Oc3ncnc(N)c3C2=O)cc1. The zero-order chi connectivity index (χ0) is 18.0. The molecule has 3 rings (SSSR count). The first-order valence-corrected chi connectivity index (χ1v) is 7.74. The minimum absolute atomic E-state index is 0.0800. The van der Waals surface area contributed by atoms with Crippen molar-refractivity contribution in [1.29, 1.82) is 0 Å². The van der Waals surface area contributed by atoms with Gasteiger partial charge in [0.1, 0.15) is 23.8 Å². The van der Waals surface area contributed by atoms with E-state index in [9.17, 15) is 9.59 Å². The van der Waals surface area contributed by atoms with Crippen molar-refractivity contribution < 1.29 is 19.1 Å². The summed E-state index contributed by atoms with van der Waals surface area (Å²) in [5.74, 6) is -0.371. The van der Waals surface area contributed by atoms with Gasteiger partial charge >= 0.3 is 5.97 Å². The largest absolute Gasteiger partial charge is 0.472 e. The zero-order valence-electron chi connectivity index (χ0n) is 13.9. The van der Waals surface area contributed by atoms with Gasteiger partial charge in [-0.25, -0.2) is 9.97 Å². The molecule has 0 saturated heterocycles. The summed E-state index contributed by atoms with van der Waals surface area (Å²) in [6, 6.07) is 7.10. The molecule has 2 heterocycles. The van der Waals surface area contributed by atoms with E-state index >= 15 is 0 Å². The monoisotopic (exact) mass is 342 g/mol. The summed E-state index contributed by atoms with van der Waals surface area (Å²) >= 11 is 0. The zero-order valence-corrected chi connectivity index (χ0v) is 13.9. The molecule has 25 heavy (non-hydrogen) atoms. The third-order valence-electron chi connectivity index (χ3n) is 3.88. The van der Waals surface area contributed by atoms with Gasteiger partial charge in [0.15, 0.2) is 0 Å². The topological polar surface area (TPSA) is 108 Å². The number of hydrogen-bond donors (Lipinski definition) is 1. The van der Waals surface area contributed by atoms with Crippen LogP contribution in [0.15, 0.2) is 30.6 Å². The van der Waals surface area contributed by atoms with Crippen molar-refractivity contribution in [2.75, 3.05) is 24.3 Å². The molecule has 1 atom stereocenters. The highest BCUT2D eigenvalue weighted by molar-refractivity contribution is 6.10. The molecule has 8 heteroatoms. The Morgan fingerprint density at radius 2 is 2.08 bits per heavy atom. The predicted octanol–water partition coefficient (Wildman–Crippen LogP) is 1.20. The van der Waals surface area contributed by atoms with Crippen LogP contribution in [0.3, 0.4) is 0 Å². The average Bonchev–Trinajstić information content (AvgIpc) is 2.72. The molecule has 0 aliphatic carbocycles. The smallest absolute Gasteiger partial charge is 0.309 e. The number of amides is 1. The maximum atomic E-state index is 12.9. The summed E-state index contributed by atoms with van der Waals surface area (Å²) in [4.78, 5) is 33.7. The van der Waals surface area contributed by atoms with Gasteiger partial charge in [0.05, 0.1) is 20.1 Å². The molecule has 1 aliphatic rings. The van der Waals surface area contributed by atoms with Crippen LogP contribution in [0.5, 0.6) is 5.88 Å². The van der Waals surface area contributed by atoms with Crippen LogP contribution in [0, 0.1) is 0 Å². The maximum Gasteiger partial charge on any atom is 0.309 e. The van der Waals surface area contributed by atoms with E-state index in [1.54, 1.807) is 29.2 Å². The Hall–Kier alpha value is -3.16. The van der Waals surface area contributed by atoms with Crippen LogP contribution in [0.25, 0.3) is 0 Å². The van der Waals surface area contributed by atoms with Crippen molar-refractivity contribution in [3.8, 4) is 5.88 Å². The fourth-order valence-corrected chi connectivity index (χ4v) is 2.63. The lowest BCUT2D eigenvalue weighted by Gasteiger charge is -2.22. The molecule has 8 nitrogen and oxygen atoms in total. The highest BCUT2D eigenvalue weighted by Gasteiger charge is 2.31. The number of ether oxygens (including phenoxy) is 2. The average molecular weight is 342 g/mol. The molecule has 2 aromatic rings. The predicted molar refractivity (Wildman–Crippen MR) is 90.4 cm³/mol. The molecule has 1 aromatic heterocycles. The van der Waals surface area contributed by atoms with E-state index in [4.69, 9.17) is 10.5 Å². The van der Waals surface area contributed by atoms with Crippen molar-refractivity contribution in [2.24, 2.45) is 0 Å². The summed E-state index contributed by atoms with van der Waals surface area (Å²) < 4.78 is 10.3. The molecular formula is C17H18N4O4. The Labute approximate surface area is 144 Å². The molecule has 0 saturated carbocycles. The number of carbonyl (C=O) groups excluding carboxylic acids is 2. The molecule has 1 aromatic carbocycles. The van der Waals surface area contributed by atoms with E-state index in [1.165, 1.54) is 13.4 Å². The Morgan fingerprint density at radius 1 is 1.36 bits per heavy atom. The number of rotatable bonds is 3. The van der Waals surface area contributed by atoms with Gasteiger partial charge in [0, 0.05) is 5.69 Å². The lowest BCUT2D eigenvalue weighted by Crippen LogP contribution is -2.36. The molecular weight excluding hydrogens is 324 g/mol. The van der Waals surface area contributed by atoms with Crippen LogP contribution in [0.1, 0.15) is 22.8 Å². The molecule has 0 fully saturated rings. The van der Waals surface area contributed by atoms with Crippen molar-refractivity contribution in [3.63, 3.8) is 0 Å². The quantitative estimate of drug-likeness (QED) is 0.835. The molecule has 1 unspecified atom stereocenters. The Morgan fingerprint density at radius 3 is 2.76 bits per heavy atom. The second kappa shape index (κ2) is 6.76. The number of nitrogens with two attached hydrogens (primary N) is 1. The molecule has 0 bridgehead atoms. The third-order valence-corrected chi connectivity index (χ3v) is 3.88. The van der Waals surface area contributed by atoms with Gasteiger partial charge < -0.3 is 20.1 Å². The Kier molecular flexibility index (Phi) is 4.51. The standard InChI is InChI=1S/C17H18N4O4/c1-10-8-21(12-5-3-11(4-6-12)7-13(22)24-2)17(23)14-15(18)19-9-20-16(14)25-10/h3-6,9-10H,7-8H2,1-2H3,(H2,18,19,20). The summed E-state index contributed by atoms with van der Waals surface area (Å²) in [6.45, 7) is 2.18. The Bertz CT molecular complexity index is 807. The van der Waals surface area contributed by atoms with Gasteiger partial charge in [-0.05, 0) is 24.6 Å². The number of hydrogen-bond acceptors (Lipinski definition) is 7. The number of fused-ring (bicyclic) bond motifs is 1. The molecule has 130 valence electrons. The van der Waals surface area contributed by atoms with Crippen molar-refractivity contribution in [2.45, 2.75) is 19.4 Å². The van der Waals surface area contributed by atoms with Crippen molar-refractivity contribution >= 4 is 23.4 Å². The fourth-order valence-electron chi connectivity index (χ4n) is 2.63. The van der Waals surface area contributed by atoms with Gasteiger partial charge in [-0.3, -0.25) is 9.59 Å². The van der Waals surface area contributed by atoms with Crippen LogP contribution in [-0.4, -0.2) is 41.6 Å². The summed E-state index contributed by atoms with van der Waals surface area (Å²) in [6.07, 6.45) is 1.17. The lowest BCUT2D eigenvalue weighted by molar-refractivity contribution is -0.139. The molecule has 1 amide bonds. The normalized spacial score (nSPS) is 16.6. The highest BCUT2D eigenvalue weighted by Crippen LogP contribution is 2.29.